The fourth-order valence-corrected chi connectivity index (χ4v) is 1.50. The third-order valence-corrected chi connectivity index (χ3v) is 2.07. The summed E-state index contributed by atoms with van der Waals surface area (Å²) < 4.78 is 0. The maximum Gasteiger partial charge on any atom is 0.184 e. The van der Waals surface area contributed by atoms with Gasteiger partial charge in [-0.15, -0.1) is 0 Å². The minimum atomic E-state index is 0.650. The molecule has 2 rings (SSSR count). The monoisotopic (exact) mass is 148 g/mol. The smallest absolute Gasteiger partial charge is 0.184 e. The molecular weight excluding hydrogens is 138 g/mol. The van der Waals surface area contributed by atoms with Gasteiger partial charge in [0.15, 0.2) is 5.69 Å². The Hall–Kier alpha value is -0.860. The van der Waals surface area contributed by atoms with E-state index in [1.807, 2.05) is 24.3 Å². The van der Waals surface area contributed by atoms with Crippen LogP contribution in [0.25, 0.3) is 0 Å². The number of hydrogen-bond donors (Lipinski definition) is 0. The summed E-state index contributed by atoms with van der Waals surface area (Å²) in [6, 6.07) is 7.81. The summed E-state index contributed by atoms with van der Waals surface area (Å²) in [6.45, 7) is 0.650. The van der Waals surface area contributed by atoms with E-state index in [4.69, 9.17) is 0 Å². The number of para-hydroxylation sites is 1. The second-order valence-electron chi connectivity index (χ2n) is 2.83. The molecule has 0 saturated carbocycles. The van der Waals surface area contributed by atoms with Gasteiger partial charge in [-0.3, -0.25) is 0 Å². The molecule has 2 heteroatoms. The fraction of sp³-hybridized carbons (Fsp3) is 0.333. The normalized spacial score (nSPS) is 17.9. The molecule has 0 unspecified atom stereocenters. The van der Waals surface area contributed by atoms with Crippen molar-refractivity contribution in [2.24, 2.45) is 0 Å². The van der Waals surface area contributed by atoms with Crippen LogP contribution in [0.5, 0.6) is 0 Å². The Bertz CT molecular complexity index is 259. The number of hydrogen-bond acceptors (Lipinski definition) is 2. The van der Waals surface area contributed by atoms with Crippen molar-refractivity contribution in [3.63, 3.8) is 0 Å². The number of nitrogens with zero attached hydrogens (tertiary/aromatic N) is 1. The molecule has 0 spiro atoms. The van der Waals surface area contributed by atoms with E-state index in [0.717, 1.165) is 23.6 Å². The summed E-state index contributed by atoms with van der Waals surface area (Å²) in [7, 11) is 0. The van der Waals surface area contributed by atoms with E-state index in [-0.39, 0.29) is 0 Å². The van der Waals surface area contributed by atoms with Crippen LogP contribution in [0.15, 0.2) is 24.3 Å². The first-order valence-corrected chi connectivity index (χ1v) is 3.90. The van der Waals surface area contributed by atoms with E-state index in [1.165, 1.54) is 5.56 Å². The number of fused-ring (bicyclic) bond motifs is 1. The molecule has 1 aromatic carbocycles. The molecule has 0 saturated heterocycles. The summed E-state index contributed by atoms with van der Waals surface area (Å²) in [6.07, 6.45) is 2.04. The van der Waals surface area contributed by atoms with Crippen LogP contribution in [0.1, 0.15) is 12.0 Å². The van der Waals surface area contributed by atoms with E-state index < -0.39 is 0 Å². The Morgan fingerprint density at radius 3 is 2.91 bits per heavy atom. The lowest BCUT2D eigenvalue weighted by Crippen LogP contribution is -2.23. The highest BCUT2D eigenvalue weighted by atomic mass is 16.5. The van der Waals surface area contributed by atoms with Crippen LogP contribution in [0.2, 0.25) is 0 Å². The average Bonchev–Trinajstić information content (AvgIpc) is 2.06. The van der Waals surface area contributed by atoms with E-state index in [0.29, 0.717) is 6.54 Å². The molecule has 1 aliphatic rings. The van der Waals surface area contributed by atoms with Crippen LogP contribution in [-0.2, 0) is 6.42 Å². The molecule has 0 bridgehead atoms. The van der Waals surface area contributed by atoms with E-state index in [2.05, 4.69) is 0 Å². The van der Waals surface area contributed by atoms with Crippen LogP contribution < -0.4 is 5.06 Å². The minimum Gasteiger partial charge on any atom is -0.576 e. The third-order valence-electron chi connectivity index (χ3n) is 2.07. The maximum atomic E-state index is 11.2. The van der Waals surface area contributed by atoms with Crippen LogP contribution in [0.4, 0.5) is 5.69 Å². The highest BCUT2D eigenvalue weighted by Crippen LogP contribution is 2.24. The van der Waals surface area contributed by atoms with Gasteiger partial charge in [0.2, 0.25) is 0 Å². The summed E-state index contributed by atoms with van der Waals surface area (Å²) in [4.78, 5) is 0. The zero-order valence-corrected chi connectivity index (χ0v) is 6.29. The number of aryl methyl sites for hydroxylation is 1. The second-order valence-corrected chi connectivity index (χ2v) is 2.83. The van der Waals surface area contributed by atoms with Crippen molar-refractivity contribution in [2.75, 3.05) is 6.54 Å². The number of rotatable bonds is 0. The molecule has 0 aromatic heterocycles. The zero-order chi connectivity index (χ0) is 7.68. The number of benzene rings is 1. The molecule has 0 amide bonds. The Balaban J connectivity index is 2.44. The highest BCUT2D eigenvalue weighted by molar-refractivity contribution is 5.49. The summed E-state index contributed by atoms with van der Waals surface area (Å²) in [5.41, 5.74) is 2.05. The average molecular weight is 148 g/mol. The summed E-state index contributed by atoms with van der Waals surface area (Å²) >= 11 is 0. The van der Waals surface area contributed by atoms with Crippen molar-refractivity contribution in [1.29, 1.82) is 0 Å². The Labute approximate surface area is 66.0 Å². The first-order valence-electron chi connectivity index (χ1n) is 3.90. The van der Waals surface area contributed by atoms with Gasteiger partial charge in [-0.05, 0) is 6.42 Å². The van der Waals surface area contributed by atoms with Gasteiger partial charge in [0.05, 0.1) is 0 Å². The predicted molar refractivity (Wildman–Crippen MR) is 44.8 cm³/mol. The fourth-order valence-electron chi connectivity index (χ4n) is 1.50. The quantitative estimate of drug-likeness (QED) is 0.408. The zero-order valence-electron chi connectivity index (χ0n) is 6.29. The lowest BCUT2D eigenvalue weighted by molar-refractivity contribution is 0.595. The summed E-state index contributed by atoms with van der Waals surface area (Å²) in [5, 5.41) is 12.3. The molecule has 57 valence electrons. The molecule has 0 N–H and O–H groups in total. The molecule has 0 fully saturated rings. The van der Waals surface area contributed by atoms with Crippen molar-refractivity contribution in [3.05, 3.63) is 35.0 Å². The first-order chi connectivity index (χ1) is 5.38. The van der Waals surface area contributed by atoms with Gasteiger partial charge >= 0.3 is 0 Å². The van der Waals surface area contributed by atoms with Crippen molar-refractivity contribution >= 4 is 5.69 Å². The van der Waals surface area contributed by atoms with Gasteiger partial charge in [0, 0.05) is 18.1 Å². The SMILES string of the molecule is [O-][N+]1CCCc2ccccc21. The lowest BCUT2D eigenvalue weighted by atomic mass is 10.0. The molecule has 1 aromatic rings. The van der Waals surface area contributed by atoms with Gasteiger partial charge in [-0.25, -0.2) is 0 Å². The molecule has 0 aliphatic carbocycles. The van der Waals surface area contributed by atoms with Gasteiger partial charge in [0.1, 0.15) is 6.54 Å². The van der Waals surface area contributed by atoms with E-state index in [9.17, 15) is 5.21 Å². The van der Waals surface area contributed by atoms with Crippen molar-refractivity contribution < 1.29 is 0 Å². The van der Waals surface area contributed by atoms with Gasteiger partial charge < -0.3 is 5.21 Å². The highest BCUT2D eigenvalue weighted by Gasteiger charge is 2.18. The topological polar surface area (TPSA) is 29.0 Å². The molecule has 0 atom stereocenters. The number of anilines is 1. The van der Waals surface area contributed by atoms with Crippen molar-refractivity contribution in [3.8, 4) is 0 Å². The second kappa shape index (κ2) is 2.64. The molecule has 11 heavy (non-hydrogen) atoms. The van der Waals surface area contributed by atoms with E-state index >= 15 is 0 Å². The Morgan fingerprint density at radius 1 is 1.27 bits per heavy atom. The Morgan fingerprint density at radius 2 is 2.09 bits per heavy atom. The minimum absolute atomic E-state index is 0.650. The van der Waals surface area contributed by atoms with Crippen LogP contribution >= 0.6 is 0 Å². The summed E-state index contributed by atoms with van der Waals surface area (Å²) in [5.74, 6) is 0. The molecule has 2 nitrogen and oxygen atoms in total. The number of hydroxylamine groups is 1. The van der Waals surface area contributed by atoms with Crippen LogP contribution in [-0.4, -0.2) is 6.54 Å². The van der Waals surface area contributed by atoms with Gasteiger partial charge in [-0.2, -0.15) is 5.06 Å². The third kappa shape index (κ3) is 1.15. The Kier molecular flexibility index (Phi) is 1.64. The maximum absolute atomic E-state index is 11.2. The van der Waals surface area contributed by atoms with E-state index in [1.54, 1.807) is 0 Å². The van der Waals surface area contributed by atoms with Crippen LogP contribution in [0.3, 0.4) is 0 Å². The van der Waals surface area contributed by atoms with Crippen molar-refractivity contribution in [1.82, 2.24) is 5.06 Å². The molecular formula is C9H10NO. The predicted octanol–water partition coefficient (Wildman–Crippen LogP) is 1.90. The molecule has 1 heterocycles. The lowest BCUT2D eigenvalue weighted by Gasteiger charge is -2.20. The largest absolute Gasteiger partial charge is 0.576 e. The molecule has 1 aliphatic heterocycles. The van der Waals surface area contributed by atoms with Gasteiger partial charge in [-0.1, -0.05) is 18.2 Å². The standard InChI is InChI=1S/C9H10NO/c11-10-7-3-5-8-4-1-2-6-9(8)10/h1-2,4,6H,3,5,7H2. The van der Waals surface area contributed by atoms with Gasteiger partial charge in [0.25, 0.3) is 0 Å². The molecule has 1 radical (unpaired) electrons. The first kappa shape index (κ1) is 6.83. The van der Waals surface area contributed by atoms with Crippen LogP contribution in [0, 0.1) is 5.21 Å². The van der Waals surface area contributed by atoms with Crippen molar-refractivity contribution in [2.45, 2.75) is 12.8 Å².